The summed E-state index contributed by atoms with van der Waals surface area (Å²) in [5, 5.41) is 5.25. The van der Waals surface area contributed by atoms with E-state index in [9.17, 15) is 4.39 Å². The second-order valence-electron chi connectivity index (χ2n) is 9.51. The van der Waals surface area contributed by atoms with Crippen molar-refractivity contribution in [3.63, 3.8) is 0 Å². The van der Waals surface area contributed by atoms with E-state index in [1.807, 2.05) is 42.8 Å². The molecule has 4 aromatic rings. The van der Waals surface area contributed by atoms with Gasteiger partial charge in [0, 0.05) is 24.8 Å². The van der Waals surface area contributed by atoms with Crippen LogP contribution in [0.5, 0.6) is 0 Å². The van der Waals surface area contributed by atoms with E-state index in [0.29, 0.717) is 5.02 Å². The Labute approximate surface area is 209 Å². The molecular weight excluding hydrogens is 472 g/mol. The van der Waals surface area contributed by atoms with Crippen molar-refractivity contribution in [1.29, 1.82) is 0 Å². The minimum Gasteiger partial charge on any atom is -0.355 e. The molecule has 0 atom stereocenters. The highest BCUT2D eigenvalue weighted by molar-refractivity contribution is 6.33. The van der Waals surface area contributed by atoms with Crippen LogP contribution in [0, 0.1) is 25.1 Å². The highest BCUT2D eigenvalue weighted by Gasteiger charge is 2.40. The van der Waals surface area contributed by atoms with Crippen LogP contribution in [0.2, 0.25) is 5.02 Å². The number of hydrogen-bond acceptors (Lipinski definition) is 4. The second-order valence-corrected chi connectivity index (χ2v) is 9.89. The average molecular weight is 498 g/mol. The van der Waals surface area contributed by atoms with Gasteiger partial charge in [-0.25, -0.2) is 13.9 Å². The predicted molar refractivity (Wildman–Crippen MR) is 136 cm³/mol. The van der Waals surface area contributed by atoms with Crippen molar-refractivity contribution in [3.05, 3.63) is 76.1 Å². The third-order valence-electron chi connectivity index (χ3n) is 7.44. The lowest BCUT2D eigenvalue weighted by molar-refractivity contribution is 0.232. The number of benzene rings is 1. The number of fused-ring (bicyclic) bond motifs is 2. The van der Waals surface area contributed by atoms with Gasteiger partial charge in [-0.1, -0.05) is 17.7 Å². The molecular formula is C26H26Cl2FN5. The van der Waals surface area contributed by atoms with Crippen LogP contribution in [0.4, 0.5) is 10.2 Å². The molecule has 1 fully saturated rings. The van der Waals surface area contributed by atoms with Crippen molar-refractivity contribution < 1.29 is 4.39 Å². The summed E-state index contributed by atoms with van der Waals surface area (Å²) in [7, 11) is 0. The molecule has 0 radical (unpaired) electrons. The summed E-state index contributed by atoms with van der Waals surface area (Å²) in [6, 6.07) is 9.23. The monoisotopic (exact) mass is 497 g/mol. The molecule has 2 aliphatic rings. The number of nitrogens with zero attached hydrogens (tertiary/aromatic N) is 5. The van der Waals surface area contributed by atoms with Gasteiger partial charge in [0.25, 0.3) is 0 Å². The van der Waals surface area contributed by atoms with Gasteiger partial charge in [-0.2, -0.15) is 5.10 Å². The minimum atomic E-state index is -0.129. The van der Waals surface area contributed by atoms with E-state index >= 15 is 0 Å². The van der Waals surface area contributed by atoms with Gasteiger partial charge in [-0.05, 0) is 80.3 Å². The summed E-state index contributed by atoms with van der Waals surface area (Å²) in [4.78, 5) is 11.7. The number of halogens is 3. The first-order chi connectivity index (χ1) is 15.9. The van der Waals surface area contributed by atoms with Crippen LogP contribution < -0.4 is 4.90 Å². The Hall–Kier alpha value is -2.70. The average Bonchev–Trinajstić information content (AvgIpc) is 3.41. The Morgan fingerprint density at radius 3 is 2.53 bits per heavy atom. The van der Waals surface area contributed by atoms with E-state index in [4.69, 9.17) is 16.6 Å². The summed E-state index contributed by atoms with van der Waals surface area (Å²) in [5.41, 5.74) is 7.18. The highest BCUT2D eigenvalue weighted by atomic mass is 35.5. The topological polar surface area (TPSA) is 46.3 Å². The van der Waals surface area contributed by atoms with Gasteiger partial charge in [-0.3, -0.25) is 4.98 Å². The first-order valence-electron chi connectivity index (χ1n) is 11.4. The standard InChI is InChI=1S/C26H25ClFN5.ClH/c1-16-23(27)21(5-9-29-16)24-17(2)31-25(22-6-10-30-33(22)24)32-11-7-26(8-12-32)14-18-3-4-20(28)13-19(18)15-26;/h3-6,9-10,13H,7-8,11-12,14-15H2,1-2H3;1H. The summed E-state index contributed by atoms with van der Waals surface area (Å²) < 4.78 is 15.7. The Morgan fingerprint density at radius 2 is 1.74 bits per heavy atom. The lowest BCUT2D eigenvalue weighted by Crippen LogP contribution is -2.41. The molecule has 1 aromatic carbocycles. The molecule has 0 bridgehead atoms. The zero-order chi connectivity index (χ0) is 22.7. The maximum Gasteiger partial charge on any atom is 0.155 e. The highest BCUT2D eigenvalue weighted by Crippen LogP contribution is 2.46. The van der Waals surface area contributed by atoms with Gasteiger partial charge < -0.3 is 4.90 Å². The molecule has 6 rings (SSSR count). The number of rotatable bonds is 2. The maximum atomic E-state index is 13.7. The smallest absolute Gasteiger partial charge is 0.155 e. The molecule has 1 spiro atoms. The van der Waals surface area contributed by atoms with Crippen LogP contribution in [0.15, 0.2) is 42.7 Å². The fraction of sp³-hybridized carbons (Fsp3) is 0.346. The van der Waals surface area contributed by atoms with Crippen LogP contribution >= 0.6 is 24.0 Å². The molecule has 8 heteroatoms. The number of aryl methyl sites for hydroxylation is 2. The third kappa shape index (κ3) is 3.64. The fourth-order valence-corrected chi connectivity index (χ4v) is 5.90. The zero-order valence-electron chi connectivity index (χ0n) is 19.2. The first-order valence-corrected chi connectivity index (χ1v) is 11.8. The van der Waals surface area contributed by atoms with Crippen molar-refractivity contribution in [2.75, 3.05) is 18.0 Å². The van der Waals surface area contributed by atoms with E-state index < -0.39 is 0 Å². The van der Waals surface area contributed by atoms with Gasteiger partial charge in [0.15, 0.2) is 5.82 Å². The maximum absolute atomic E-state index is 13.7. The number of pyridine rings is 1. The van der Waals surface area contributed by atoms with Gasteiger partial charge in [0.05, 0.1) is 28.3 Å². The number of anilines is 1. The molecule has 0 unspecified atom stereocenters. The van der Waals surface area contributed by atoms with E-state index in [2.05, 4.69) is 15.0 Å². The number of hydrogen-bond donors (Lipinski definition) is 0. The fourth-order valence-electron chi connectivity index (χ4n) is 5.69. The quantitative estimate of drug-likeness (QED) is 0.340. The molecule has 4 heterocycles. The molecule has 1 aliphatic carbocycles. The van der Waals surface area contributed by atoms with Crippen LogP contribution in [-0.2, 0) is 12.8 Å². The van der Waals surface area contributed by atoms with Gasteiger partial charge in [0.1, 0.15) is 11.3 Å². The molecule has 1 aliphatic heterocycles. The van der Waals surface area contributed by atoms with Crippen molar-refractivity contribution >= 4 is 35.3 Å². The molecule has 34 heavy (non-hydrogen) atoms. The van der Waals surface area contributed by atoms with Crippen molar-refractivity contribution in [1.82, 2.24) is 19.6 Å². The van der Waals surface area contributed by atoms with E-state index in [0.717, 1.165) is 72.8 Å². The van der Waals surface area contributed by atoms with Crippen LogP contribution in [0.3, 0.4) is 0 Å². The normalized spacial score (nSPS) is 16.6. The van der Waals surface area contributed by atoms with E-state index in [-0.39, 0.29) is 23.6 Å². The van der Waals surface area contributed by atoms with Gasteiger partial charge >= 0.3 is 0 Å². The van der Waals surface area contributed by atoms with E-state index in [1.165, 1.54) is 11.1 Å². The van der Waals surface area contributed by atoms with Gasteiger partial charge in [0.2, 0.25) is 0 Å². The number of aromatic nitrogens is 4. The van der Waals surface area contributed by atoms with Crippen LogP contribution in [-0.4, -0.2) is 32.7 Å². The third-order valence-corrected chi connectivity index (χ3v) is 7.92. The molecule has 1 saturated heterocycles. The summed E-state index contributed by atoms with van der Waals surface area (Å²) in [6.07, 6.45) is 7.75. The second kappa shape index (κ2) is 8.51. The molecule has 3 aromatic heterocycles. The first kappa shape index (κ1) is 23.1. The lowest BCUT2D eigenvalue weighted by atomic mass is 9.76. The Bertz CT molecular complexity index is 1390. The minimum absolute atomic E-state index is 0. The van der Waals surface area contributed by atoms with Crippen molar-refractivity contribution in [2.24, 2.45) is 5.41 Å². The summed E-state index contributed by atoms with van der Waals surface area (Å²) in [5.74, 6) is 0.836. The summed E-state index contributed by atoms with van der Waals surface area (Å²) in [6.45, 7) is 5.78. The molecule has 176 valence electrons. The molecule has 0 saturated carbocycles. The zero-order valence-corrected chi connectivity index (χ0v) is 20.8. The van der Waals surface area contributed by atoms with E-state index in [1.54, 1.807) is 18.3 Å². The Kier molecular flexibility index (Phi) is 5.77. The largest absolute Gasteiger partial charge is 0.355 e. The van der Waals surface area contributed by atoms with Gasteiger partial charge in [-0.15, -0.1) is 12.4 Å². The lowest BCUT2D eigenvalue weighted by Gasteiger charge is -2.40. The van der Waals surface area contributed by atoms with Crippen LogP contribution in [0.25, 0.3) is 16.8 Å². The van der Waals surface area contributed by atoms with Crippen molar-refractivity contribution in [2.45, 2.75) is 39.5 Å². The Morgan fingerprint density at radius 1 is 0.971 bits per heavy atom. The summed E-state index contributed by atoms with van der Waals surface area (Å²) >= 11 is 6.61. The SMILES string of the molecule is Cc1nccc(-c2c(C)nc(N3CCC4(CC3)Cc3ccc(F)cc3C4)c3ccnn23)c1Cl.Cl. The number of piperidine rings is 1. The molecule has 0 amide bonds. The van der Waals surface area contributed by atoms with Crippen LogP contribution in [0.1, 0.15) is 35.4 Å². The molecule has 0 N–H and O–H groups in total. The Balaban J connectivity index is 0.00000241. The molecule has 5 nitrogen and oxygen atoms in total. The van der Waals surface area contributed by atoms with Crippen molar-refractivity contribution in [3.8, 4) is 11.3 Å². The predicted octanol–water partition coefficient (Wildman–Crippen LogP) is 6.01.